The molecule has 2 aliphatic rings. The van der Waals surface area contributed by atoms with Gasteiger partial charge < -0.3 is 10.1 Å². The van der Waals surface area contributed by atoms with Gasteiger partial charge in [-0.15, -0.1) is 0 Å². The number of hydrogen-bond donors (Lipinski definition) is 1. The summed E-state index contributed by atoms with van der Waals surface area (Å²) in [5, 5.41) is 3.51. The molecule has 1 N–H and O–H groups in total. The number of rotatable bonds is 0. The van der Waals surface area contributed by atoms with Crippen molar-refractivity contribution >= 4 is 0 Å². The Kier molecular flexibility index (Phi) is 2.16. The van der Waals surface area contributed by atoms with Gasteiger partial charge >= 0.3 is 0 Å². The zero-order valence-corrected chi connectivity index (χ0v) is 9.02. The normalized spacial score (nSPS) is 44.1. The molecule has 2 atom stereocenters. The van der Waals surface area contributed by atoms with E-state index in [0.717, 1.165) is 13.2 Å². The maximum atomic E-state index is 5.66. The summed E-state index contributed by atoms with van der Waals surface area (Å²) in [6.45, 7) is 11.3. The highest BCUT2D eigenvalue weighted by Gasteiger charge is 2.52. The number of nitrogens with one attached hydrogen (secondary N) is 1. The third-order valence-electron chi connectivity index (χ3n) is 4.31. The predicted molar refractivity (Wildman–Crippen MR) is 53.7 cm³/mol. The summed E-state index contributed by atoms with van der Waals surface area (Å²) < 4.78 is 5.66. The molecule has 13 heavy (non-hydrogen) atoms. The van der Waals surface area contributed by atoms with E-state index in [2.05, 4.69) is 26.1 Å². The summed E-state index contributed by atoms with van der Waals surface area (Å²) in [5.74, 6) is 0.700. The van der Waals surface area contributed by atoms with Gasteiger partial charge in [0.1, 0.15) is 0 Å². The molecule has 2 fully saturated rings. The van der Waals surface area contributed by atoms with Crippen LogP contribution in [0.1, 0.15) is 27.2 Å². The van der Waals surface area contributed by atoms with Crippen LogP contribution in [0.25, 0.3) is 0 Å². The molecule has 2 saturated heterocycles. The highest BCUT2D eigenvalue weighted by Crippen LogP contribution is 2.51. The lowest BCUT2D eigenvalue weighted by Gasteiger charge is -2.51. The van der Waals surface area contributed by atoms with E-state index in [-0.39, 0.29) is 0 Å². The lowest BCUT2D eigenvalue weighted by molar-refractivity contribution is -0.123. The lowest BCUT2D eigenvalue weighted by atomic mass is 9.58. The highest BCUT2D eigenvalue weighted by atomic mass is 16.5. The Labute approximate surface area is 81.0 Å². The second kappa shape index (κ2) is 2.96. The predicted octanol–water partition coefficient (Wildman–Crippen LogP) is 1.66. The summed E-state index contributed by atoms with van der Waals surface area (Å²) in [6.07, 6.45) is 1.32. The summed E-state index contributed by atoms with van der Waals surface area (Å²) >= 11 is 0. The minimum atomic E-state index is 0.341. The fourth-order valence-corrected chi connectivity index (χ4v) is 3.17. The molecule has 0 aromatic rings. The molecule has 0 amide bonds. The minimum Gasteiger partial charge on any atom is -0.381 e. The molecular weight excluding hydrogens is 162 g/mol. The van der Waals surface area contributed by atoms with Crippen LogP contribution in [0.15, 0.2) is 0 Å². The Morgan fingerprint density at radius 1 is 1.38 bits per heavy atom. The Balaban J connectivity index is 2.27. The van der Waals surface area contributed by atoms with Crippen LogP contribution in [0.2, 0.25) is 0 Å². The van der Waals surface area contributed by atoms with E-state index < -0.39 is 0 Å². The summed E-state index contributed by atoms with van der Waals surface area (Å²) in [5.41, 5.74) is 0.833. The van der Waals surface area contributed by atoms with Crippen LogP contribution >= 0.6 is 0 Å². The molecule has 2 heterocycles. The van der Waals surface area contributed by atoms with Gasteiger partial charge in [0.15, 0.2) is 0 Å². The highest BCUT2D eigenvalue weighted by molar-refractivity contribution is 5.03. The first kappa shape index (κ1) is 9.47. The summed E-state index contributed by atoms with van der Waals surface area (Å²) in [4.78, 5) is 0. The second-order valence-electron chi connectivity index (χ2n) is 5.38. The molecule has 2 unspecified atom stereocenters. The minimum absolute atomic E-state index is 0.341. The van der Waals surface area contributed by atoms with Gasteiger partial charge in [-0.05, 0) is 29.7 Å². The summed E-state index contributed by atoms with van der Waals surface area (Å²) in [7, 11) is 0. The molecule has 1 spiro atoms. The molecule has 0 aromatic carbocycles. The van der Waals surface area contributed by atoms with Crippen molar-refractivity contribution in [3.8, 4) is 0 Å². The average Bonchev–Trinajstić information content (AvgIpc) is 2.50. The maximum absolute atomic E-state index is 5.66. The van der Waals surface area contributed by atoms with Crippen molar-refractivity contribution in [3.63, 3.8) is 0 Å². The quantitative estimate of drug-likeness (QED) is 0.616. The molecule has 0 saturated carbocycles. The van der Waals surface area contributed by atoms with E-state index >= 15 is 0 Å². The van der Waals surface area contributed by atoms with Gasteiger partial charge in [0.05, 0.1) is 6.61 Å². The van der Waals surface area contributed by atoms with Gasteiger partial charge in [0, 0.05) is 13.2 Å². The van der Waals surface area contributed by atoms with Crippen LogP contribution in [0, 0.1) is 16.7 Å². The van der Waals surface area contributed by atoms with E-state index in [1.807, 2.05) is 0 Å². The molecule has 2 aliphatic heterocycles. The second-order valence-corrected chi connectivity index (χ2v) is 5.38. The Hall–Kier alpha value is -0.0800. The molecular formula is C11H21NO. The SMILES string of the molecule is CC1COCC(C)(C)C12CCNC2. The molecule has 76 valence electrons. The first-order chi connectivity index (χ1) is 6.08. The fourth-order valence-electron chi connectivity index (χ4n) is 3.17. The van der Waals surface area contributed by atoms with Crippen molar-refractivity contribution in [2.45, 2.75) is 27.2 Å². The molecule has 0 aliphatic carbocycles. The van der Waals surface area contributed by atoms with Crippen LogP contribution in [-0.4, -0.2) is 26.3 Å². The van der Waals surface area contributed by atoms with Crippen molar-refractivity contribution in [3.05, 3.63) is 0 Å². The van der Waals surface area contributed by atoms with E-state index in [9.17, 15) is 0 Å². The third-order valence-corrected chi connectivity index (χ3v) is 4.31. The first-order valence-electron chi connectivity index (χ1n) is 5.37. The van der Waals surface area contributed by atoms with Crippen LogP contribution < -0.4 is 5.32 Å². The average molecular weight is 183 g/mol. The molecule has 2 heteroatoms. The van der Waals surface area contributed by atoms with Gasteiger partial charge in [-0.3, -0.25) is 0 Å². The van der Waals surface area contributed by atoms with Gasteiger partial charge in [-0.2, -0.15) is 0 Å². The first-order valence-corrected chi connectivity index (χ1v) is 5.37. The van der Waals surface area contributed by atoms with Crippen molar-refractivity contribution in [1.29, 1.82) is 0 Å². The fraction of sp³-hybridized carbons (Fsp3) is 1.00. The Morgan fingerprint density at radius 2 is 2.15 bits per heavy atom. The zero-order chi connectivity index (χ0) is 9.53. The standard InChI is InChI=1S/C11H21NO/c1-9-6-13-8-10(2,3)11(9)4-5-12-7-11/h9,12H,4-8H2,1-3H3. The molecule has 0 radical (unpaired) electrons. The van der Waals surface area contributed by atoms with E-state index in [1.54, 1.807) is 0 Å². The van der Waals surface area contributed by atoms with Gasteiger partial charge in [0.2, 0.25) is 0 Å². The largest absolute Gasteiger partial charge is 0.381 e. The van der Waals surface area contributed by atoms with E-state index in [0.29, 0.717) is 16.7 Å². The molecule has 0 aromatic heterocycles. The van der Waals surface area contributed by atoms with Crippen molar-refractivity contribution in [2.24, 2.45) is 16.7 Å². The Bertz CT molecular complexity index is 194. The topological polar surface area (TPSA) is 21.3 Å². The molecule has 0 bridgehead atoms. The lowest BCUT2D eigenvalue weighted by Crippen LogP contribution is -2.52. The van der Waals surface area contributed by atoms with E-state index in [1.165, 1.54) is 19.5 Å². The molecule has 2 nitrogen and oxygen atoms in total. The smallest absolute Gasteiger partial charge is 0.0523 e. The maximum Gasteiger partial charge on any atom is 0.0523 e. The molecule has 2 rings (SSSR count). The third kappa shape index (κ3) is 1.23. The van der Waals surface area contributed by atoms with Gasteiger partial charge in [-0.25, -0.2) is 0 Å². The zero-order valence-electron chi connectivity index (χ0n) is 9.02. The van der Waals surface area contributed by atoms with Gasteiger partial charge in [-0.1, -0.05) is 20.8 Å². The summed E-state index contributed by atoms with van der Waals surface area (Å²) in [6, 6.07) is 0. The van der Waals surface area contributed by atoms with Crippen LogP contribution in [0.5, 0.6) is 0 Å². The van der Waals surface area contributed by atoms with Crippen molar-refractivity contribution in [1.82, 2.24) is 5.32 Å². The number of ether oxygens (including phenoxy) is 1. The monoisotopic (exact) mass is 183 g/mol. The van der Waals surface area contributed by atoms with Gasteiger partial charge in [0.25, 0.3) is 0 Å². The van der Waals surface area contributed by atoms with Crippen LogP contribution in [0.4, 0.5) is 0 Å². The van der Waals surface area contributed by atoms with Crippen LogP contribution in [-0.2, 0) is 4.74 Å². The van der Waals surface area contributed by atoms with E-state index in [4.69, 9.17) is 4.74 Å². The Morgan fingerprint density at radius 3 is 2.69 bits per heavy atom. The van der Waals surface area contributed by atoms with Crippen LogP contribution in [0.3, 0.4) is 0 Å². The van der Waals surface area contributed by atoms with Crippen molar-refractivity contribution in [2.75, 3.05) is 26.3 Å². The van der Waals surface area contributed by atoms with Crippen molar-refractivity contribution < 1.29 is 4.74 Å². The number of hydrogen-bond acceptors (Lipinski definition) is 2.